The average molecular weight is 439 g/mol. The van der Waals surface area contributed by atoms with Crippen LogP contribution in [0.4, 0.5) is 0 Å². The maximum absolute atomic E-state index is 6.44. The molecule has 0 aliphatic rings. The van der Waals surface area contributed by atoms with E-state index in [0.29, 0.717) is 28.9 Å². The molecule has 0 atom stereocenters. The molecule has 4 aromatic rings. The number of aromatic amines is 1. The Labute approximate surface area is 187 Å². The standard InChI is InChI=1S/C25H24Cl2N2O/c1-17-6-8-18(9-7-17)16-30-25-20(12-21(26)13-23(25)27)14-28-11-10-19-15-29-24-5-3-2-4-22(19)24/h2-9,12-13,15,28-29H,10-11,14,16H2,1H3. The van der Waals surface area contributed by atoms with Gasteiger partial charge >= 0.3 is 0 Å². The van der Waals surface area contributed by atoms with Crippen LogP contribution in [0.2, 0.25) is 10.0 Å². The van der Waals surface area contributed by atoms with Crippen LogP contribution in [0.15, 0.2) is 66.9 Å². The quantitative estimate of drug-likeness (QED) is 0.300. The third-order valence-corrected chi connectivity index (χ3v) is 5.65. The van der Waals surface area contributed by atoms with Gasteiger partial charge in [0.25, 0.3) is 0 Å². The number of para-hydroxylation sites is 1. The second-order valence-electron chi connectivity index (χ2n) is 7.44. The van der Waals surface area contributed by atoms with Gasteiger partial charge in [-0.05, 0) is 49.2 Å². The van der Waals surface area contributed by atoms with Crippen molar-refractivity contribution >= 4 is 34.1 Å². The molecule has 2 N–H and O–H groups in total. The minimum Gasteiger partial charge on any atom is -0.487 e. The molecule has 0 unspecified atom stereocenters. The Morgan fingerprint density at radius 1 is 0.967 bits per heavy atom. The Hall–Kier alpha value is -2.46. The molecule has 1 aromatic heterocycles. The van der Waals surface area contributed by atoms with E-state index in [1.165, 1.54) is 22.0 Å². The number of hydrogen-bond donors (Lipinski definition) is 2. The van der Waals surface area contributed by atoms with E-state index < -0.39 is 0 Å². The Morgan fingerprint density at radius 3 is 2.60 bits per heavy atom. The molecular formula is C25H24Cl2N2O. The molecule has 4 rings (SSSR count). The summed E-state index contributed by atoms with van der Waals surface area (Å²) in [5.74, 6) is 0.682. The predicted molar refractivity (Wildman–Crippen MR) is 126 cm³/mol. The second kappa shape index (κ2) is 9.57. The fourth-order valence-corrected chi connectivity index (χ4v) is 4.12. The maximum atomic E-state index is 6.44. The summed E-state index contributed by atoms with van der Waals surface area (Å²) in [6, 6.07) is 20.3. The smallest absolute Gasteiger partial charge is 0.142 e. The van der Waals surface area contributed by atoms with Gasteiger partial charge in [-0.15, -0.1) is 0 Å². The molecule has 0 fully saturated rings. The third-order valence-electron chi connectivity index (χ3n) is 5.15. The van der Waals surface area contributed by atoms with Gasteiger partial charge in [0.1, 0.15) is 12.4 Å². The maximum Gasteiger partial charge on any atom is 0.142 e. The van der Waals surface area contributed by atoms with Gasteiger partial charge in [-0.2, -0.15) is 0 Å². The van der Waals surface area contributed by atoms with E-state index in [4.69, 9.17) is 27.9 Å². The van der Waals surface area contributed by atoms with Crippen LogP contribution in [0.5, 0.6) is 5.75 Å². The highest BCUT2D eigenvalue weighted by molar-refractivity contribution is 6.35. The highest BCUT2D eigenvalue weighted by Crippen LogP contribution is 2.33. The highest BCUT2D eigenvalue weighted by Gasteiger charge is 2.11. The van der Waals surface area contributed by atoms with Crippen molar-refractivity contribution in [3.63, 3.8) is 0 Å². The largest absolute Gasteiger partial charge is 0.487 e. The number of nitrogens with one attached hydrogen (secondary N) is 2. The van der Waals surface area contributed by atoms with Crippen molar-refractivity contribution in [3.8, 4) is 5.75 Å². The fourth-order valence-electron chi connectivity index (χ4n) is 3.53. The molecule has 0 aliphatic heterocycles. The Kier molecular flexibility index (Phi) is 6.63. The molecule has 5 heteroatoms. The van der Waals surface area contributed by atoms with Crippen molar-refractivity contribution in [1.82, 2.24) is 10.3 Å². The molecule has 0 radical (unpaired) electrons. The van der Waals surface area contributed by atoms with E-state index in [-0.39, 0.29) is 0 Å². The van der Waals surface area contributed by atoms with Crippen LogP contribution in [0, 0.1) is 6.92 Å². The summed E-state index contributed by atoms with van der Waals surface area (Å²) in [5.41, 5.74) is 5.76. The van der Waals surface area contributed by atoms with Crippen LogP contribution in [0.1, 0.15) is 22.3 Å². The van der Waals surface area contributed by atoms with E-state index >= 15 is 0 Å². The molecule has 0 bridgehead atoms. The van der Waals surface area contributed by atoms with Crippen molar-refractivity contribution in [3.05, 3.63) is 99.2 Å². The van der Waals surface area contributed by atoms with Gasteiger partial charge in [0.2, 0.25) is 0 Å². The number of ether oxygens (including phenoxy) is 1. The molecule has 30 heavy (non-hydrogen) atoms. The number of fused-ring (bicyclic) bond motifs is 1. The van der Waals surface area contributed by atoms with Gasteiger partial charge < -0.3 is 15.0 Å². The molecule has 0 saturated heterocycles. The number of halogens is 2. The van der Waals surface area contributed by atoms with Crippen LogP contribution in [0.3, 0.4) is 0 Å². The lowest BCUT2D eigenvalue weighted by Gasteiger charge is -2.15. The van der Waals surface area contributed by atoms with Crippen molar-refractivity contribution in [1.29, 1.82) is 0 Å². The lowest BCUT2D eigenvalue weighted by Crippen LogP contribution is -2.17. The second-order valence-corrected chi connectivity index (χ2v) is 8.28. The molecule has 3 aromatic carbocycles. The van der Waals surface area contributed by atoms with Crippen LogP contribution < -0.4 is 10.1 Å². The minimum absolute atomic E-state index is 0.462. The van der Waals surface area contributed by atoms with E-state index in [1.54, 1.807) is 6.07 Å². The molecule has 1 heterocycles. The highest BCUT2D eigenvalue weighted by atomic mass is 35.5. The summed E-state index contributed by atoms with van der Waals surface area (Å²) < 4.78 is 6.07. The Bertz CT molecular complexity index is 1140. The van der Waals surface area contributed by atoms with Crippen molar-refractivity contribution < 1.29 is 4.74 Å². The number of benzene rings is 3. The topological polar surface area (TPSA) is 37.0 Å². The van der Waals surface area contributed by atoms with Crippen molar-refractivity contribution in [2.75, 3.05) is 6.54 Å². The summed E-state index contributed by atoms with van der Waals surface area (Å²) >= 11 is 12.7. The third kappa shape index (κ3) is 4.99. The number of aryl methyl sites for hydroxylation is 1. The van der Waals surface area contributed by atoms with E-state index in [0.717, 1.165) is 24.1 Å². The summed E-state index contributed by atoms with van der Waals surface area (Å²) in [4.78, 5) is 3.32. The molecule has 0 amide bonds. The first-order valence-electron chi connectivity index (χ1n) is 10.0. The van der Waals surface area contributed by atoms with Gasteiger partial charge in [-0.1, -0.05) is 71.2 Å². The monoisotopic (exact) mass is 438 g/mol. The predicted octanol–water partition coefficient (Wildman–Crippen LogP) is 6.69. The summed E-state index contributed by atoms with van der Waals surface area (Å²) in [5, 5.41) is 5.90. The Morgan fingerprint density at radius 2 is 1.77 bits per heavy atom. The van der Waals surface area contributed by atoms with Crippen molar-refractivity contribution in [2.24, 2.45) is 0 Å². The van der Waals surface area contributed by atoms with E-state index in [2.05, 4.69) is 65.9 Å². The SMILES string of the molecule is Cc1ccc(COc2c(Cl)cc(Cl)cc2CNCCc2c[nH]c3ccccc23)cc1. The first kappa shape index (κ1) is 20.8. The zero-order valence-electron chi connectivity index (χ0n) is 16.8. The summed E-state index contributed by atoms with van der Waals surface area (Å²) in [6.07, 6.45) is 3.01. The van der Waals surface area contributed by atoms with Crippen LogP contribution in [0.25, 0.3) is 10.9 Å². The van der Waals surface area contributed by atoms with Gasteiger partial charge in [-0.25, -0.2) is 0 Å². The normalized spacial score (nSPS) is 11.2. The van der Waals surface area contributed by atoms with Crippen molar-refractivity contribution in [2.45, 2.75) is 26.5 Å². The first-order chi connectivity index (χ1) is 14.6. The van der Waals surface area contributed by atoms with E-state index in [9.17, 15) is 0 Å². The van der Waals surface area contributed by atoms with Gasteiger partial charge in [0, 0.05) is 34.2 Å². The molecule has 0 spiro atoms. The zero-order valence-corrected chi connectivity index (χ0v) is 18.4. The summed E-state index contributed by atoms with van der Waals surface area (Å²) in [6.45, 7) is 4.00. The Balaban J connectivity index is 1.39. The van der Waals surface area contributed by atoms with Gasteiger partial charge in [0.05, 0.1) is 5.02 Å². The lowest BCUT2D eigenvalue weighted by molar-refractivity contribution is 0.302. The number of rotatable bonds is 8. The molecular weight excluding hydrogens is 415 g/mol. The van der Waals surface area contributed by atoms with E-state index in [1.807, 2.05) is 12.1 Å². The minimum atomic E-state index is 0.462. The van der Waals surface area contributed by atoms with Crippen LogP contribution in [-0.2, 0) is 19.6 Å². The van der Waals surface area contributed by atoms with Crippen LogP contribution in [-0.4, -0.2) is 11.5 Å². The average Bonchev–Trinajstić information content (AvgIpc) is 3.15. The molecule has 3 nitrogen and oxygen atoms in total. The molecule has 0 saturated carbocycles. The number of hydrogen-bond acceptors (Lipinski definition) is 2. The molecule has 154 valence electrons. The number of H-pyrrole nitrogens is 1. The van der Waals surface area contributed by atoms with Crippen LogP contribution >= 0.6 is 23.2 Å². The zero-order chi connectivity index (χ0) is 20.9. The fraction of sp³-hybridized carbons (Fsp3) is 0.200. The lowest BCUT2D eigenvalue weighted by atomic mass is 10.1. The summed E-state index contributed by atoms with van der Waals surface area (Å²) in [7, 11) is 0. The first-order valence-corrected chi connectivity index (χ1v) is 10.8. The van der Waals surface area contributed by atoms with Gasteiger partial charge in [-0.3, -0.25) is 0 Å². The number of aromatic nitrogens is 1. The van der Waals surface area contributed by atoms with Gasteiger partial charge in [0.15, 0.2) is 0 Å². The molecule has 0 aliphatic carbocycles.